The van der Waals surface area contributed by atoms with Crippen LogP contribution in [0.15, 0.2) is 17.5 Å². The Labute approximate surface area is 135 Å². The highest BCUT2D eigenvalue weighted by atomic mass is 32.1. The van der Waals surface area contributed by atoms with Gasteiger partial charge >= 0.3 is 5.97 Å². The van der Waals surface area contributed by atoms with Gasteiger partial charge in [-0.1, -0.05) is 17.4 Å². The number of nitrogens with zero attached hydrogens (tertiary/aromatic N) is 1. The first-order valence-electron chi connectivity index (χ1n) is 6.43. The molecule has 2 aromatic heterocycles. The third kappa shape index (κ3) is 3.99. The predicted octanol–water partition coefficient (Wildman–Crippen LogP) is 2.90. The van der Waals surface area contributed by atoms with E-state index in [0.717, 1.165) is 11.3 Å². The smallest absolute Gasteiger partial charge is 0.350 e. The van der Waals surface area contributed by atoms with Crippen molar-refractivity contribution in [1.29, 1.82) is 0 Å². The fraction of sp³-hybridized carbons (Fsp3) is 0.286. The summed E-state index contributed by atoms with van der Waals surface area (Å²) in [5.74, 6) is -0.853. The molecule has 0 aromatic carbocycles. The van der Waals surface area contributed by atoms with Crippen LogP contribution < -0.4 is 5.32 Å². The summed E-state index contributed by atoms with van der Waals surface area (Å²) < 4.78 is 4.63. The second kappa shape index (κ2) is 7.28. The zero-order valence-corrected chi connectivity index (χ0v) is 13.7. The van der Waals surface area contributed by atoms with Crippen LogP contribution in [-0.2, 0) is 9.53 Å². The van der Waals surface area contributed by atoms with E-state index in [1.165, 1.54) is 18.4 Å². The Kier molecular flexibility index (Phi) is 5.40. The van der Waals surface area contributed by atoms with Gasteiger partial charge < -0.3 is 10.1 Å². The second-order valence-electron chi connectivity index (χ2n) is 4.37. The van der Waals surface area contributed by atoms with E-state index in [1.54, 1.807) is 19.1 Å². The van der Waals surface area contributed by atoms with E-state index in [1.807, 2.05) is 5.38 Å². The van der Waals surface area contributed by atoms with E-state index in [0.29, 0.717) is 20.6 Å². The molecule has 0 fully saturated rings. The number of amides is 1. The normalized spacial score (nSPS) is 10.3. The Morgan fingerprint density at radius 1 is 1.32 bits per heavy atom. The highest BCUT2D eigenvalue weighted by Gasteiger charge is 2.17. The zero-order valence-electron chi connectivity index (χ0n) is 12.0. The molecule has 0 aliphatic carbocycles. The third-order valence-electron chi connectivity index (χ3n) is 2.79. The largest absolute Gasteiger partial charge is 0.465 e. The van der Waals surface area contributed by atoms with Crippen molar-refractivity contribution in [2.24, 2.45) is 0 Å². The van der Waals surface area contributed by atoms with Gasteiger partial charge in [0, 0.05) is 12.8 Å². The maximum absolute atomic E-state index is 11.8. The number of rotatable bonds is 6. The molecule has 0 atom stereocenters. The average molecular weight is 338 g/mol. The molecule has 0 aliphatic heterocycles. The molecule has 0 saturated carbocycles. The monoisotopic (exact) mass is 338 g/mol. The lowest BCUT2D eigenvalue weighted by molar-refractivity contribution is -0.116. The van der Waals surface area contributed by atoms with Crippen molar-refractivity contribution < 1.29 is 19.1 Å². The minimum atomic E-state index is -0.483. The predicted molar refractivity (Wildman–Crippen MR) is 84.7 cm³/mol. The molecule has 0 aliphatic rings. The fourth-order valence-electron chi connectivity index (χ4n) is 1.70. The van der Waals surface area contributed by atoms with Gasteiger partial charge in [-0.15, -0.1) is 11.3 Å². The van der Waals surface area contributed by atoms with Gasteiger partial charge in [0.15, 0.2) is 10.9 Å². The highest BCUT2D eigenvalue weighted by molar-refractivity contribution is 7.17. The van der Waals surface area contributed by atoms with Crippen LogP contribution in [0, 0.1) is 6.92 Å². The number of thiophene rings is 1. The van der Waals surface area contributed by atoms with Gasteiger partial charge in [-0.25, -0.2) is 9.78 Å². The maximum Gasteiger partial charge on any atom is 0.350 e. The number of Topliss-reactive ketones (excluding diaryl/α,β-unsaturated/α-hetero) is 1. The van der Waals surface area contributed by atoms with Crippen LogP contribution in [0.1, 0.15) is 37.9 Å². The van der Waals surface area contributed by atoms with Crippen molar-refractivity contribution in [1.82, 2.24) is 4.98 Å². The number of carbonyl (C=O) groups is 3. The van der Waals surface area contributed by atoms with E-state index < -0.39 is 5.97 Å². The molecule has 2 heterocycles. The molecule has 22 heavy (non-hydrogen) atoms. The first kappa shape index (κ1) is 16.3. The van der Waals surface area contributed by atoms with Crippen LogP contribution in [0.4, 0.5) is 5.13 Å². The minimum Gasteiger partial charge on any atom is -0.465 e. The summed E-state index contributed by atoms with van der Waals surface area (Å²) in [7, 11) is 1.29. The number of ketones is 1. The van der Waals surface area contributed by atoms with Crippen LogP contribution in [0.5, 0.6) is 0 Å². The van der Waals surface area contributed by atoms with Crippen LogP contribution in [0.3, 0.4) is 0 Å². The topological polar surface area (TPSA) is 85.4 Å². The SMILES string of the molecule is COC(=O)c1sc(NC(=O)CCC(=O)c2cccs2)nc1C. The van der Waals surface area contributed by atoms with Gasteiger partial charge in [0.2, 0.25) is 5.91 Å². The molecule has 8 heteroatoms. The second-order valence-corrected chi connectivity index (χ2v) is 6.32. The molecule has 0 saturated heterocycles. The van der Waals surface area contributed by atoms with Crippen LogP contribution in [-0.4, -0.2) is 29.8 Å². The summed E-state index contributed by atoms with van der Waals surface area (Å²) in [6.45, 7) is 1.67. The summed E-state index contributed by atoms with van der Waals surface area (Å²) in [5, 5.41) is 4.74. The van der Waals surface area contributed by atoms with Crippen molar-refractivity contribution >= 4 is 45.5 Å². The number of esters is 1. The summed E-state index contributed by atoms with van der Waals surface area (Å²) in [6, 6.07) is 3.53. The molecule has 6 nitrogen and oxygen atoms in total. The van der Waals surface area contributed by atoms with E-state index in [2.05, 4.69) is 15.0 Å². The van der Waals surface area contributed by atoms with Crippen LogP contribution >= 0.6 is 22.7 Å². The van der Waals surface area contributed by atoms with E-state index in [4.69, 9.17) is 0 Å². The number of aryl methyl sites for hydroxylation is 1. The highest BCUT2D eigenvalue weighted by Crippen LogP contribution is 2.23. The van der Waals surface area contributed by atoms with E-state index in [9.17, 15) is 14.4 Å². The van der Waals surface area contributed by atoms with E-state index >= 15 is 0 Å². The molecule has 2 rings (SSSR count). The van der Waals surface area contributed by atoms with Gasteiger partial charge in [-0.05, 0) is 18.4 Å². The molecule has 1 amide bonds. The molecule has 116 valence electrons. The Morgan fingerprint density at radius 2 is 2.09 bits per heavy atom. The molecule has 0 spiro atoms. The van der Waals surface area contributed by atoms with Gasteiger partial charge in [0.05, 0.1) is 17.7 Å². The number of nitrogens with one attached hydrogen (secondary N) is 1. The Balaban J connectivity index is 1.90. The summed E-state index contributed by atoms with van der Waals surface area (Å²) >= 11 is 2.41. The summed E-state index contributed by atoms with van der Waals surface area (Å²) in [6.07, 6.45) is 0.212. The molecule has 2 aromatic rings. The van der Waals surface area contributed by atoms with Gasteiger partial charge in [-0.3, -0.25) is 9.59 Å². The molecule has 0 bridgehead atoms. The van der Waals surface area contributed by atoms with Gasteiger partial charge in [0.25, 0.3) is 0 Å². The number of aromatic nitrogens is 1. The molecule has 0 unspecified atom stereocenters. The van der Waals surface area contributed by atoms with E-state index in [-0.39, 0.29) is 24.5 Å². The van der Waals surface area contributed by atoms with Crippen molar-refractivity contribution in [3.63, 3.8) is 0 Å². The van der Waals surface area contributed by atoms with Crippen LogP contribution in [0.2, 0.25) is 0 Å². The number of methoxy groups -OCH3 is 1. The summed E-state index contributed by atoms with van der Waals surface area (Å²) in [4.78, 5) is 40.2. The lowest BCUT2D eigenvalue weighted by atomic mass is 10.2. The lowest BCUT2D eigenvalue weighted by Gasteiger charge is -2.00. The van der Waals surface area contributed by atoms with Crippen molar-refractivity contribution in [3.8, 4) is 0 Å². The lowest BCUT2D eigenvalue weighted by Crippen LogP contribution is -2.13. The van der Waals surface area contributed by atoms with Crippen molar-refractivity contribution in [3.05, 3.63) is 33.0 Å². The number of hydrogen-bond donors (Lipinski definition) is 1. The average Bonchev–Trinajstić information content (AvgIpc) is 3.14. The number of anilines is 1. The maximum atomic E-state index is 11.8. The summed E-state index contributed by atoms with van der Waals surface area (Å²) in [5.41, 5.74) is 0.502. The van der Waals surface area contributed by atoms with Gasteiger partial charge in [0.1, 0.15) is 4.88 Å². The minimum absolute atomic E-state index is 0.0595. The van der Waals surface area contributed by atoms with Crippen LogP contribution in [0.25, 0.3) is 0 Å². The Bertz CT molecular complexity index is 692. The Morgan fingerprint density at radius 3 is 2.73 bits per heavy atom. The fourth-order valence-corrected chi connectivity index (χ4v) is 3.30. The Hall–Kier alpha value is -2.06. The quantitative estimate of drug-likeness (QED) is 0.646. The zero-order chi connectivity index (χ0) is 16.1. The first-order chi connectivity index (χ1) is 10.5. The number of thiazole rings is 1. The van der Waals surface area contributed by atoms with Gasteiger partial charge in [-0.2, -0.15) is 0 Å². The van der Waals surface area contributed by atoms with Crippen molar-refractivity contribution in [2.75, 3.05) is 12.4 Å². The number of ether oxygens (including phenoxy) is 1. The van der Waals surface area contributed by atoms with Crippen molar-refractivity contribution in [2.45, 2.75) is 19.8 Å². The molecular weight excluding hydrogens is 324 g/mol. The third-order valence-corrected chi connectivity index (χ3v) is 4.75. The molecule has 0 radical (unpaired) electrons. The standard InChI is InChI=1S/C14H14N2O4S2/c1-8-12(13(19)20-2)22-14(15-8)16-11(18)6-5-9(17)10-4-3-7-21-10/h3-4,7H,5-6H2,1-2H3,(H,15,16,18). The number of hydrogen-bond acceptors (Lipinski definition) is 7. The number of carbonyl (C=O) groups excluding carboxylic acids is 3. The molecule has 1 N–H and O–H groups in total. The first-order valence-corrected chi connectivity index (χ1v) is 8.13. The molecular formula is C14H14N2O4S2.